The monoisotopic (exact) mass is 383 g/mol. The zero-order valence-corrected chi connectivity index (χ0v) is 13.5. The molecule has 4 heterocycles. The first-order chi connectivity index (χ1) is 10.6. The lowest BCUT2D eigenvalue weighted by Gasteiger charge is -2.37. The molecule has 3 aromatic rings. The highest BCUT2D eigenvalue weighted by Gasteiger charge is 2.39. The second kappa shape index (κ2) is 4.83. The lowest BCUT2D eigenvalue weighted by molar-refractivity contribution is 0.189. The average Bonchev–Trinajstić information content (AvgIpc) is 3.05. The van der Waals surface area contributed by atoms with Gasteiger partial charge in [0.1, 0.15) is 4.90 Å². The molecule has 0 amide bonds. The van der Waals surface area contributed by atoms with Gasteiger partial charge in [-0.05, 0) is 15.9 Å². The molecule has 0 atom stereocenters. The van der Waals surface area contributed by atoms with Crippen LogP contribution in [0.4, 0.5) is 0 Å². The highest BCUT2D eigenvalue weighted by atomic mass is 79.9. The van der Waals surface area contributed by atoms with Crippen molar-refractivity contribution < 1.29 is 8.42 Å². The summed E-state index contributed by atoms with van der Waals surface area (Å²) in [7, 11) is -3.61. The molecule has 22 heavy (non-hydrogen) atoms. The molecular formula is C11H10BrN7O2S. The van der Waals surface area contributed by atoms with Crippen molar-refractivity contribution in [1.29, 1.82) is 0 Å². The van der Waals surface area contributed by atoms with Crippen LogP contribution >= 0.6 is 15.9 Å². The van der Waals surface area contributed by atoms with Crippen molar-refractivity contribution in [2.75, 3.05) is 13.1 Å². The number of rotatable bonds is 3. The molecule has 0 unspecified atom stereocenters. The average molecular weight is 384 g/mol. The van der Waals surface area contributed by atoms with Crippen LogP contribution < -0.4 is 0 Å². The number of fused-ring (bicyclic) bond motifs is 1. The Morgan fingerprint density at radius 2 is 2.09 bits per heavy atom. The predicted molar refractivity (Wildman–Crippen MR) is 78.5 cm³/mol. The van der Waals surface area contributed by atoms with Crippen LogP contribution in [0.3, 0.4) is 0 Å². The fourth-order valence-electron chi connectivity index (χ4n) is 2.34. The van der Waals surface area contributed by atoms with Crippen molar-refractivity contribution in [3.8, 4) is 0 Å². The Hall–Kier alpha value is -1.85. The van der Waals surface area contributed by atoms with Crippen molar-refractivity contribution in [2.45, 2.75) is 10.9 Å². The fourth-order valence-corrected chi connectivity index (χ4v) is 4.21. The van der Waals surface area contributed by atoms with Gasteiger partial charge in [-0.1, -0.05) is 5.21 Å². The number of nitrogens with zero attached hydrogens (tertiary/aromatic N) is 7. The number of aromatic nitrogens is 6. The van der Waals surface area contributed by atoms with Gasteiger partial charge in [-0.25, -0.2) is 22.6 Å². The van der Waals surface area contributed by atoms with Gasteiger partial charge in [0.05, 0.1) is 22.9 Å². The van der Waals surface area contributed by atoms with Gasteiger partial charge in [0.2, 0.25) is 10.0 Å². The van der Waals surface area contributed by atoms with Gasteiger partial charge in [-0.2, -0.15) is 9.40 Å². The lowest BCUT2D eigenvalue weighted by atomic mass is 10.2. The molecule has 0 N–H and O–H groups in total. The van der Waals surface area contributed by atoms with Gasteiger partial charge < -0.3 is 0 Å². The molecule has 1 aliphatic rings. The molecule has 0 spiro atoms. The van der Waals surface area contributed by atoms with E-state index in [1.54, 1.807) is 29.5 Å². The van der Waals surface area contributed by atoms with E-state index in [0.29, 0.717) is 18.7 Å². The summed E-state index contributed by atoms with van der Waals surface area (Å²) in [6.45, 7) is 0.721. The van der Waals surface area contributed by atoms with Crippen LogP contribution in [0, 0.1) is 0 Å². The summed E-state index contributed by atoms with van der Waals surface area (Å²) >= 11 is 3.28. The van der Waals surface area contributed by atoms with E-state index in [4.69, 9.17) is 0 Å². The third-order valence-electron chi connectivity index (χ3n) is 3.55. The molecule has 0 saturated carbocycles. The highest BCUT2D eigenvalue weighted by molar-refractivity contribution is 9.10. The molecule has 1 saturated heterocycles. The van der Waals surface area contributed by atoms with Crippen LogP contribution in [0.15, 0.2) is 40.4 Å². The maximum atomic E-state index is 12.7. The van der Waals surface area contributed by atoms with E-state index in [-0.39, 0.29) is 10.9 Å². The van der Waals surface area contributed by atoms with Crippen molar-refractivity contribution in [1.82, 2.24) is 33.9 Å². The quantitative estimate of drug-likeness (QED) is 0.646. The van der Waals surface area contributed by atoms with Crippen LogP contribution in [0.1, 0.15) is 6.04 Å². The Balaban J connectivity index is 1.64. The fraction of sp³-hybridized carbons (Fsp3) is 0.273. The Labute approximate surface area is 133 Å². The number of halogens is 1. The highest BCUT2D eigenvalue weighted by Crippen LogP contribution is 2.29. The molecule has 11 heteroatoms. The lowest BCUT2D eigenvalue weighted by Crippen LogP contribution is -2.50. The van der Waals surface area contributed by atoms with Gasteiger partial charge >= 0.3 is 0 Å². The minimum absolute atomic E-state index is 0.0150. The third-order valence-corrected chi connectivity index (χ3v) is 5.79. The molecule has 4 rings (SSSR count). The largest absolute Gasteiger partial charge is 0.248 e. The van der Waals surface area contributed by atoms with Crippen molar-refractivity contribution in [3.63, 3.8) is 0 Å². The van der Waals surface area contributed by atoms with Crippen LogP contribution in [0.2, 0.25) is 0 Å². The van der Waals surface area contributed by atoms with Crippen molar-refractivity contribution >= 4 is 31.6 Å². The van der Waals surface area contributed by atoms with E-state index >= 15 is 0 Å². The van der Waals surface area contributed by atoms with Gasteiger partial charge in [-0.3, -0.25) is 0 Å². The Bertz CT molecular complexity index is 931. The summed E-state index contributed by atoms with van der Waals surface area (Å²) in [5.74, 6) is 0. The first kappa shape index (κ1) is 13.8. The second-order valence-electron chi connectivity index (χ2n) is 4.91. The summed E-state index contributed by atoms with van der Waals surface area (Å²) in [4.78, 5) is 4.25. The smallest absolute Gasteiger partial charge is 0.247 e. The van der Waals surface area contributed by atoms with Crippen molar-refractivity contribution in [3.05, 3.63) is 35.5 Å². The molecule has 1 fully saturated rings. The van der Waals surface area contributed by atoms with Crippen LogP contribution in [-0.2, 0) is 10.0 Å². The molecule has 9 nitrogen and oxygen atoms in total. The number of hydrogen-bond donors (Lipinski definition) is 0. The summed E-state index contributed by atoms with van der Waals surface area (Å²) in [6.07, 6.45) is 7.83. The van der Waals surface area contributed by atoms with Crippen LogP contribution in [-0.4, -0.2) is 55.4 Å². The van der Waals surface area contributed by atoms with Crippen LogP contribution in [0.25, 0.3) is 5.65 Å². The van der Waals surface area contributed by atoms with E-state index in [0.717, 1.165) is 4.47 Å². The normalized spacial score (nSPS) is 17.0. The Morgan fingerprint density at radius 1 is 1.27 bits per heavy atom. The molecular weight excluding hydrogens is 374 g/mol. The molecule has 3 aromatic heterocycles. The van der Waals surface area contributed by atoms with Gasteiger partial charge in [0.15, 0.2) is 5.65 Å². The van der Waals surface area contributed by atoms with E-state index in [9.17, 15) is 8.42 Å². The van der Waals surface area contributed by atoms with E-state index in [1.165, 1.54) is 15.0 Å². The molecule has 0 aromatic carbocycles. The molecule has 114 valence electrons. The number of hydrogen-bond acceptors (Lipinski definition) is 6. The van der Waals surface area contributed by atoms with Crippen molar-refractivity contribution in [2.24, 2.45) is 0 Å². The second-order valence-corrected chi connectivity index (χ2v) is 7.73. The van der Waals surface area contributed by atoms with Gasteiger partial charge in [0.25, 0.3) is 0 Å². The molecule has 0 bridgehead atoms. The zero-order chi connectivity index (χ0) is 15.3. The number of sulfonamides is 1. The minimum Gasteiger partial charge on any atom is -0.247 e. The third kappa shape index (κ3) is 2.04. The maximum Gasteiger partial charge on any atom is 0.248 e. The SMILES string of the molecule is O=S(=O)(c1cnn2cc(Br)cnc12)N1CC(n2ccnn2)C1. The first-order valence-electron chi connectivity index (χ1n) is 6.40. The molecule has 0 radical (unpaired) electrons. The van der Waals surface area contributed by atoms with Gasteiger partial charge in [-0.15, -0.1) is 5.10 Å². The summed E-state index contributed by atoms with van der Waals surface area (Å²) in [5.41, 5.74) is 0.312. The zero-order valence-electron chi connectivity index (χ0n) is 11.1. The maximum absolute atomic E-state index is 12.7. The summed E-state index contributed by atoms with van der Waals surface area (Å²) in [5, 5.41) is 11.7. The molecule has 1 aliphatic heterocycles. The standard InChI is InChI=1S/C11H10BrN7O2S/c12-8-3-13-11-10(4-15-19(11)5-8)22(20,21)17-6-9(7-17)18-2-1-14-16-18/h1-5,9H,6-7H2. The van der Waals surface area contributed by atoms with E-state index in [2.05, 4.69) is 36.3 Å². The Kier molecular flexibility index (Phi) is 3.03. The van der Waals surface area contributed by atoms with Crippen LogP contribution in [0.5, 0.6) is 0 Å². The molecule has 0 aliphatic carbocycles. The summed E-state index contributed by atoms with van der Waals surface area (Å²) in [6, 6.07) is 0.0150. The topological polar surface area (TPSA) is 98.3 Å². The van der Waals surface area contributed by atoms with E-state index in [1.807, 2.05) is 0 Å². The first-order valence-corrected chi connectivity index (χ1v) is 8.64. The van der Waals surface area contributed by atoms with Gasteiger partial charge in [0, 0.05) is 31.7 Å². The van der Waals surface area contributed by atoms with E-state index < -0.39 is 10.0 Å². The predicted octanol–water partition coefficient (Wildman–Crippen LogP) is 0.329. The minimum atomic E-state index is -3.61. The summed E-state index contributed by atoms with van der Waals surface area (Å²) < 4.78 is 30.5. The Morgan fingerprint density at radius 3 is 2.82 bits per heavy atom.